The zero-order valence-electron chi connectivity index (χ0n) is 12.1. The van der Waals surface area contributed by atoms with Gasteiger partial charge in [0.05, 0.1) is 0 Å². The number of fused-ring (bicyclic) bond motifs is 1. The highest BCUT2D eigenvalue weighted by Gasteiger charge is 2.52. The summed E-state index contributed by atoms with van der Waals surface area (Å²) < 4.78 is 0. The van der Waals surface area contributed by atoms with E-state index < -0.39 is 0 Å². The number of benzene rings is 1. The molecule has 0 spiro atoms. The van der Waals surface area contributed by atoms with E-state index in [0.717, 1.165) is 12.0 Å². The van der Waals surface area contributed by atoms with Crippen molar-refractivity contribution in [2.45, 2.75) is 50.0 Å². The molecule has 1 aromatic rings. The average Bonchev–Trinajstić information content (AvgIpc) is 2.43. The van der Waals surface area contributed by atoms with E-state index in [1.54, 1.807) is 0 Å². The Morgan fingerprint density at radius 2 is 2.10 bits per heavy atom. The molecule has 0 aromatic heterocycles. The van der Waals surface area contributed by atoms with Crippen molar-refractivity contribution in [1.82, 2.24) is 4.90 Å². The van der Waals surface area contributed by atoms with Crippen LogP contribution in [0.5, 0.6) is 5.75 Å². The largest absolute Gasteiger partial charge is 0.508 e. The maximum absolute atomic E-state index is 9.91. The molecule has 2 aliphatic carbocycles. The van der Waals surface area contributed by atoms with Gasteiger partial charge in [0.25, 0.3) is 0 Å². The van der Waals surface area contributed by atoms with Gasteiger partial charge in [0.1, 0.15) is 5.75 Å². The van der Waals surface area contributed by atoms with Crippen LogP contribution in [0.25, 0.3) is 0 Å². The lowest BCUT2D eigenvalue weighted by molar-refractivity contribution is 0.00274. The van der Waals surface area contributed by atoms with E-state index in [1.807, 2.05) is 6.07 Å². The Bertz CT molecular complexity index is 518. The maximum atomic E-state index is 9.91. The lowest BCUT2D eigenvalue weighted by Crippen LogP contribution is -2.59. The van der Waals surface area contributed by atoms with E-state index in [1.165, 1.54) is 56.2 Å². The number of phenolic OH excluding ortho intramolecular Hbond substituents is 1. The van der Waals surface area contributed by atoms with E-state index in [-0.39, 0.29) is 17.0 Å². The summed E-state index contributed by atoms with van der Waals surface area (Å²) >= 11 is 0. The number of piperidine rings is 1. The fraction of sp³-hybridized carbons (Fsp3) is 0.647. The van der Waals surface area contributed by atoms with Crippen LogP contribution in [-0.4, -0.2) is 29.6 Å². The van der Waals surface area contributed by atoms with E-state index in [4.69, 9.17) is 0 Å². The van der Waals surface area contributed by atoms with Gasteiger partial charge in [0, 0.05) is 11.5 Å². The van der Waals surface area contributed by atoms with E-state index in [2.05, 4.69) is 24.1 Å². The quantitative estimate of drug-likeness (QED) is 0.780. The molecule has 0 amide bonds. The van der Waals surface area contributed by atoms with Gasteiger partial charge >= 0.3 is 0 Å². The first-order valence-electron chi connectivity index (χ1n) is 7.73. The second-order valence-electron chi connectivity index (χ2n) is 6.85. The first kappa shape index (κ1) is 14.4. The van der Waals surface area contributed by atoms with Crippen LogP contribution in [0.1, 0.15) is 43.2 Å². The molecule has 1 heterocycles. The number of phenols is 1. The topological polar surface area (TPSA) is 23.5 Å². The third-order valence-electron chi connectivity index (χ3n) is 6.10. The lowest BCUT2D eigenvalue weighted by Gasteiger charge is -2.58. The van der Waals surface area contributed by atoms with Crippen LogP contribution in [0.2, 0.25) is 0 Å². The zero-order valence-corrected chi connectivity index (χ0v) is 13.9. The molecule has 110 valence electrons. The molecule has 2 bridgehead atoms. The summed E-state index contributed by atoms with van der Waals surface area (Å²) in [6.07, 6.45) is 7.93. The number of rotatable bonds is 0. The number of nitrogens with zero attached hydrogens (tertiary/aromatic N) is 1. The van der Waals surface area contributed by atoms with Gasteiger partial charge in [-0.05, 0) is 68.5 Å². The Morgan fingerprint density at radius 1 is 1.25 bits per heavy atom. The van der Waals surface area contributed by atoms with Gasteiger partial charge in [-0.1, -0.05) is 18.9 Å². The first-order chi connectivity index (χ1) is 9.21. The Morgan fingerprint density at radius 3 is 2.95 bits per heavy atom. The summed E-state index contributed by atoms with van der Waals surface area (Å²) in [5.41, 5.74) is 3.36. The molecule has 3 atom stereocenters. The number of halogens is 1. The van der Waals surface area contributed by atoms with Gasteiger partial charge in [-0.2, -0.15) is 0 Å². The Kier molecular flexibility index (Phi) is 3.62. The fourth-order valence-electron chi connectivity index (χ4n) is 5.18. The van der Waals surface area contributed by atoms with Crippen molar-refractivity contribution in [3.05, 3.63) is 29.3 Å². The van der Waals surface area contributed by atoms with Gasteiger partial charge in [-0.25, -0.2) is 0 Å². The van der Waals surface area contributed by atoms with Crippen LogP contribution < -0.4 is 0 Å². The molecule has 0 unspecified atom stereocenters. The molecule has 2 nitrogen and oxygen atoms in total. The third kappa shape index (κ3) is 1.86. The lowest BCUT2D eigenvalue weighted by atomic mass is 9.52. The van der Waals surface area contributed by atoms with Crippen LogP contribution in [0, 0.1) is 5.92 Å². The molecule has 1 saturated heterocycles. The molecule has 1 saturated carbocycles. The van der Waals surface area contributed by atoms with Crippen LogP contribution in [0.3, 0.4) is 0 Å². The molecule has 3 heteroatoms. The van der Waals surface area contributed by atoms with Gasteiger partial charge in [-0.15, -0.1) is 17.0 Å². The Hall–Kier alpha value is -0.540. The summed E-state index contributed by atoms with van der Waals surface area (Å²) in [5, 5.41) is 9.91. The highest BCUT2D eigenvalue weighted by molar-refractivity contribution is 8.93. The average molecular weight is 338 g/mol. The fourth-order valence-corrected chi connectivity index (χ4v) is 5.18. The molecule has 20 heavy (non-hydrogen) atoms. The minimum Gasteiger partial charge on any atom is -0.508 e. The maximum Gasteiger partial charge on any atom is 0.115 e. The molecular formula is C17H24BrNO. The highest BCUT2D eigenvalue weighted by Crippen LogP contribution is 2.55. The van der Waals surface area contributed by atoms with Gasteiger partial charge in [0.15, 0.2) is 0 Å². The van der Waals surface area contributed by atoms with Gasteiger partial charge in [0.2, 0.25) is 0 Å². The minimum atomic E-state index is 0. The third-order valence-corrected chi connectivity index (χ3v) is 6.10. The summed E-state index contributed by atoms with van der Waals surface area (Å²) in [6.45, 7) is 1.22. The second-order valence-corrected chi connectivity index (χ2v) is 6.85. The smallest absolute Gasteiger partial charge is 0.115 e. The standard InChI is InChI=1S/C17H23NO.BrH/c1-18-9-8-17-7-3-2-4-14(17)16(18)10-12-5-6-13(19)11-15(12)17;/h5-6,11,14,16,19H,2-4,7-10H2,1H3;1H/t14-,16-,17+;/m0./s1. The van der Waals surface area contributed by atoms with Gasteiger partial charge in [-0.3, -0.25) is 0 Å². The molecular weight excluding hydrogens is 314 g/mol. The molecule has 4 rings (SSSR count). The summed E-state index contributed by atoms with van der Waals surface area (Å²) in [4.78, 5) is 2.59. The van der Waals surface area contributed by atoms with Crippen LogP contribution in [-0.2, 0) is 11.8 Å². The minimum absolute atomic E-state index is 0. The Balaban J connectivity index is 0.00000121. The number of hydrogen-bond acceptors (Lipinski definition) is 2. The van der Waals surface area contributed by atoms with Crippen molar-refractivity contribution in [3.63, 3.8) is 0 Å². The summed E-state index contributed by atoms with van der Waals surface area (Å²) in [7, 11) is 2.30. The number of hydrogen-bond donors (Lipinski definition) is 1. The summed E-state index contributed by atoms with van der Waals surface area (Å²) in [6, 6.07) is 6.85. The molecule has 1 aliphatic heterocycles. The van der Waals surface area contributed by atoms with Crippen molar-refractivity contribution in [2.24, 2.45) is 5.92 Å². The first-order valence-corrected chi connectivity index (χ1v) is 7.73. The number of likely N-dealkylation sites (tertiary alicyclic amines) is 1. The predicted molar refractivity (Wildman–Crippen MR) is 86.8 cm³/mol. The zero-order chi connectivity index (χ0) is 13.0. The van der Waals surface area contributed by atoms with Gasteiger partial charge < -0.3 is 10.0 Å². The molecule has 1 N–H and O–H groups in total. The normalized spacial score (nSPS) is 35.6. The van der Waals surface area contributed by atoms with Crippen LogP contribution in [0.15, 0.2) is 18.2 Å². The number of likely N-dealkylation sites (N-methyl/N-ethyl adjacent to an activating group) is 1. The van der Waals surface area contributed by atoms with Crippen molar-refractivity contribution in [3.8, 4) is 5.75 Å². The SMILES string of the molecule is Br.CN1CC[C@]23CCCC[C@H]2[C@@H]1Cc1ccc(O)cc13. The van der Waals surface area contributed by atoms with Crippen molar-refractivity contribution in [1.29, 1.82) is 0 Å². The van der Waals surface area contributed by atoms with E-state index in [0.29, 0.717) is 11.2 Å². The molecule has 2 fully saturated rings. The molecule has 0 radical (unpaired) electrons. The van der Waals surface area contributed by atoms with Crippen LogP contribution in [0.4, 0.5) is 0 Å². The number of aromatic hydroxyl groups is 1. The predicted octanol–water partition coefficient (Wildman–Crippen LogP) is 3.66. The van der Waals surface area contributed by atoms with Crippen molar-refractivity contribution >= 4 is 17.0 Å². The van der Waals surface area contributed by atoms with E-state index >= 15 is 0 Å². The Labute approximate surface area is 131 Å². The molecule has 1 aromatic carbocycles. The second kappa shape index (κ2) is 5.03. The monoisotopic (exact) mass is 337 g/mol. The summed E-state index contributed by atoms with van der Waals surface area (Å²) in [5.74, 6) is 1.27. The van der Waals surface area contributed by atoms with Crippen molar-refractivity contribution in [2.75, 3.05) is 13.6 Å². The highest BCUT2D eigenvalue weighted by atomic mass is 79.9. The van der Waals surface area contributed by atoms with Crippen molar-refractivity contribution < 1.29 is 5.11 Å². The van der Waals surface area contributed by atoms with E-state index in [9.17, 15) is 5.11 Å². The van der Waals surface area contributed by atoms with Crippen LogP contribution >= 0.6 is 17.0 Å². The molecule has 3 aliphatic rings.